The van der Waals surface area contributed by atoms with Gasteiger partial charge in [-0.25, -0.2) is 4.39 Å². The van der Waals surface area contributed by atoms with E-state index in [-0.39, 0.29) is 18.2 Å². The molecule has 5 heteroatoms. The van der Waals surface area contributed by atoms with Crippen LogP contribution in [-0.2, 0) is 0 Å². The zero-order chi connectivity index (χ0) is 12.4. The molecular formula is C13H10Cl2FNO. The lowest BCUT2D eigenvalue weighted by Crippen LogP contribution is -2.12. The molecule has 0 fully saturated rings. The van der Waals surface area contributed by atoms with Crippen LogP contribution in [-0.4, -0.2) is 5.91 Å². The maximum absolute atomic E-state index is 12.8. The van der Waals surface area contributed by atoms with E-state index in [2.05, 4.69) is 0 Å². The van der Waals surface area contributed by atoms with Crippen LogP contribution < -0.4 is 5.73 Å². The van der Waals surface area contributed by atoms with Crippen molar-refractivity contribution in [1.29, 1.82) is 0 Å². The zero-order valence-corrected chi connectivity index (χ0v) is 10.8. The van der Waals surface area contributed by atoms with E-state index in [0.29, 0.717) is 21.7 Å². The molecule has 0 aliphatic heterocycles. The van der Waals surface area contributed by atoms with Crippen LogP contribution in [0, 0.1) is 5.82 Å². The van der Waals surface area contributed by atoms with E-state index in [9.17, 15) is 9.18 Å². The van der Waals surface area contributed by atoms with E-state index < -0.39 is 5.91 Å². The quantitative estimate of drug-likeness (QED) is 0.899. The highest BCUT2D eigenvalue weighted by Gasteiger charge is 2.10. The highest BCUT2D eigenvalue weighted by molar-refractivity contribution is 6.31. The molecule has 0 aliphatic rings. The normalized spacial score (nSPS) is 9.67. The van der Waals surface area contributed by atoms with Crippen molar-refractivity contribution in [2.45, 2.75) is 0 Å². The number of nitrogens with two attached hydrogens (primary N) is 1. The third-order valence-electron chi connectivity index (χ3n) is 2.40. The van der Waals surface area contributed by atoms with Crippen LogP contribution in [0.25, 0.3) is 11.1 Å². The van der Waals surface area contributed by atoms with Crippen LogP contribution in [0.4, 0.5) is 4.39 Å². The van der Waals surface area contributed by atoms with Crippen molar-refractivity contribution in [3.8, 4) is 11.1 Å². The number of rotatable bonds is 2. The van der Waals surface area contributed by atoms with Crippen LogP contribution in [0.1, 0.15) is 10.4 Å². The second-order valence-corrected chi connectivity index (χ2v) is 4.00. The van der Waals surface area contributed by atoms with E-state index in [1.54, 1.807) is 30.3 Å². The molecule has 0 atom stereocenters. The lowest BCUT2D eigenvalue weighted by Gasteiger charge is -2.07. The summed E-state index contributed by atoms with van der Waals surface area (Å²) in [5.41, 5.74) is 6.94. The van der Waals surface area contributed by atoms with Gasteiger partial charge in [-0.05, 0) is 41.5 Å². The Balaban J connectivity index is 0.00000162. The molecule has 0 saturated carbocycles. The SMILES string of the molecule is Cl.NC(=O)c1ccc(Cl)cc1-c1ccc(F)cc1. The Labute approximate surface area is 115 Å². The Morgan fingerprint density at radius 1 is 1.11 bits per heavy atom. The van der Waals surface area contributed by atoms with Crippen LogP contribution >= 0.6 is 24.0 Å². The number of carbonyl (C=O) groups excluding carboxylic acids is 1. The van der Waals surface area contributed by atoms with E-state index in [1.165, 1.54) is 12.1 Å². The van der Waals surface area contributed by atoms with Crippen molar-refractivity contribution in [3.63, 3.8) is 0 Å². The summed E-state index contributed by atoms with van der Waals surface area (Å²) in [4.78, 5) is 11.3. The molecule has 18 heavy (non-hydrogen) atoms. The van der Waals surface area contributed by atoms with Crippen LogP contribution in [0.3, 0.4) is 0 Å². The first-order valence-electron chi connectivity index (χ1n) is 4.93. The smallest absolute Gasteiger partial charge is 0.249 e. The Kier molecular flexibility index (Phi) is 4.70. The van der Waals surface area contributed by atoms with Gasteiger partial charge in [-0.2, -0.15) is 0 Å². The molecule has 0 saturated heterocycles. The molecule has 0 heterocycles. The molecule has 0 bridgehead atoms. The zero-order valence-electron chi connectivity index (χ0n) is 9.19. The summed E-state index contributed by atoms with van der Waals surface area (Å²) in [6, 6.07) is 10.6. The highest BCUT2D eigenvalue weighted by atomic mass is 35.5. The number of hydrogen-bond donors (Lipinski definition) is 1. The Bertz CT molecular complexity index is 570. The predicted octanol–water partition coefficient (Wildman–Crippen LogP) is 3.67. The fourth-order valence-corrected chi connectivity index (χ4v) is 1.77. The maximum atomic E-state index is 12.8. The van der Waals surface area contributed by atoms with E-state index >= 15 is 0 Å². The standard InChI is InChI=1S/C13H9ClFNO.ClH/c14-9-3-6-11(13(16)17)12(7-9)8-1-4-10(15)5-2-8;/h1-7H,(H2,16,17);1H. The number of benzene rings is 2. The van der Waals surface area contributed by atoms with Crippen LogP contribution in [0.2, 0.25) is 5.02 Å². The fourth-order valence-electron chi connectivity index (χ4n) is 1.60. The van der Waals surface area contributed by atoms with Gasteiger partial charge >= 0.3 is 0 Å². The van der Waals surface area contributed by atoms with E-state index in [0.717, 1.165) is 0 Å². The average Bonchev–Trinajstić information content (AvgIpc) is 2.29. The largest absolute Gasteiger partial charge is 0.366 e. The molecule has 0 unspecified atom stereocenters. The third kappa shape index (κ3) is 3.00. The molecule has 1 amide bonds. The minimum atomic E-state index is -0.541. The van der Waals surface area contributed by atoms with Crippen molar-refractivity contribution in [1.82, 2.24) is 0 Å². The minimum absolute atomic E-state index is 0. The van der Waals surface area contributed by atoms with Crippen molar-refractivity contribution >= 4 is 29.9 Å². The maximum Gasteiger partial charge on any atom is 0.249 e. The minimum Gasteiger partial charge on any atom is -0.366 e. The van der Waals surface area contributed by atoms with Gasteiger partial charge in [0.15, 0.2) is 0 Å². The molecule has 0 aromatic heterocycles. The molecular weight excluding hydrogens is 276 g/mol. The topological polar surface area (TPSA) is 43.1 Å². The first kappa shape index (κ1) is 14.5. The summed E-state index contributed by atoms with van der Waals surface area (Å²) in [7, 11) is 0. The molecule has 0 aliphatic carbocycles. The molecule has 2 aromatic rings. The molecule has 2 rings (SSSR count). The summed E-state index contributed by atoms with van der Waals surface area (Å²) in [5, 5.41) is 0.495. The summed E-state index contributed by atoms with van der Waals surface area (Å²) < 4.78 is 12.8. The van der Waals surface area contributed by atoms with Crippen molar-refractivity contribution in [3.05, 3.63) is 58.9 Å². The first-order valence-corrected chi connectivity index (χ1v) is 5.31. The third-order valence-corrected chi connectivity index (χ3v) is 2.64. The van der Waals surface area contributed by atoms with Gasteiger partial charge in [0.1, 0.15) is 5.82 Å². The Morgan fingerprint density at radius 3 is 2.28 bits per heavy atom. The average molecular weight is 286 g/mol. The van der Waals surface area contributed by atoms with Crippen LogP contribution in [0.15, 0.2) is 42.5 Å². The first-order chi connectivity index (χ1) is 8.08. The van der Waals surface area contributed by atoms with Gasteiger partial charge in [0.05, 0.1) is 0 Å². The van der Waals surface area contributed by atoms with E-state index in [1.807, 2.05) is 0 Å². The van der Waals surface area contributed by atoms with Crippen molar-refractivity contribution in [2.24, 2.45) is 5.73 Å². The Morgan fingerprint density at radius 2 is 1.72 bits per heavy atom. The van der Waals surface area contributed by atoms with Crippen molar-refractivity contribution in [2.75, 3.05) is 0 Å². The number of primary amides is 1. The lowest BCUT2D eigenvalue weighted by molar-refractivity contribution is 0.100. The van der Waals surface area contributed by atoms with Gasteiger partial charge in [-0.1, -0.05) is 23.7 Å². The van der Waals surface area contributed by atoms with Crippen molar-refractivity contribution < 1.29 is 9.18 Å². The second-order valence-electron chi connectivity index (χ2n) is 3.56. The highest BCUT2D eigenvalue weighted by Crippen LogP contribution is 2.27. The van der Waals surface area contributed by atoms with Gasteiger partial charge in [-0.15, -0.1) is 12.4 Å². The summed E-state index contributed by atoms with van der Waals surface area (Å²) in [6.07, 6.45) is 0. The molecule has 0 spiro atoms. The number of carbonyl (C=O) groups is 1. The summed E-state index contributed by atoms with van der Waals surface area (Å²) in [5.74, 6) is -0.877. The van der Waals surface area contributed by atoms with Gasteiger partial charge in [0.25, 0.3) is 0 Å². The van der Waals surface area contributed by atoms with Gasteiger partial charge in [-0.3, -0.25) is 4.79 Å². The predicted molar refractivity (Wildman–Crippen MR) is 72.6 cm³/mol. The van der Waals surface area contributed by atoms with Gasteiger partial charge in [0.2, 0.25) is 5.91 Å². The number of halogens is 3. The second kappa shape index (κ2) is 5.85. The van der Waals surface area contributed by atoms with E-state index in [4.69, 9.17) is 17.3 Å². The molecule has 2 nitrogen and oxygen atoms in total. The van der Waals surface area contributed by atoms with Crippen LogP contribution in [0.5, 0.6) is 0 Å². The van der Waals surface area contributed by atoms with Gasteiger partial charge < -0.3 is 5.73 Å². The Hall–Kier alpha value is -1.58. The molecule has 94 valence electrons. The fraction of sp³-hybridized carbons (Fsp3) is 0. The molecule has 2 aromatic carbocycles. The van der Waals surface area contributed by atoms with Gasteiger partial charge in [0, 0.05) is 10.6 Å². The molecule has 2 N–H and O–H groups in total. The lowest BCUT2D eigenvalue weighted by atomic mass is 9.99. The summed E-state index contributed by atoms with van der Waals surface area (Å²) >= 11 is 5.88. The number of amides is 1. The number of hydrogen-bond acceptors (Lipinski definition) is 1. The monoisotopic (exact) mass is 285 g/mol. The summed E-state index contributed by atoms with van der Waals surface area (Å²) in [6.45, 7) is 0. The molecule has 0 radical (unpaired) electrons.